The summed E-state index contributed by atoms with van der Waals surface area (Å²) in [5.74, 6) is 0.860. The van der Waals surface area contributed by atoms with Gasteiger partial charge in [0.05, 0.1) is 0 Å². The Bertz CT molecular complexity index is 297. The van der Waals surface area contributed by atoms with E-state index < -0.39 is 0 Å². The zero-order valence-corrected chi connectivity index (χ0v) is 9.02. The van der Waals surface area contributed by atoms with Gasteiger partial charge in [0.1, 0.15) is 0 Å². The molecule has 0 fully saturated rings. The number of ether oxygens (including phenoxy) is 2. The second kappa shape index (κ2) is 5.19. The summed E-state index contributed by atoms with van der Waals surface area (Å²) in [7, 11) is 1.66. The van der Waals surface area contributed by atoms with Gasteiger partial charge in [-0.1, -0.05) is 0 Å². The molecule has 1 aromatic rings. The first-order valence-electron chi connectivity index (χ1n) is 3.98. The number of methoxy groups -OCH3 is 1. The van der Waals surface area contributed by atoms with E-state index in [1.165, 1.54) is 0 Å². The summed E-state index contributed by atoms with van der Waals surface area (Å²) in [6.45, 7) is 2.47. The Hall–Kier alpha value is -0.618. The van der Waals surface area contributed by atoms with Crippen molar-refractivity contribution in [3.8, 4) is 5.75 Å². The van der Waals surface area contributed by atoms with E-state index in [-0.39, 0.29) is 0 Å². The van der Waals surface area contributed by atoms with Gasteiger partial charge in [-0.05, 0) is 0 Å². The van der Waals surface area contributed by atoms with E-state index in [2.05, 4.69) is 15.9 Å². The van der Waals surface area contributed by atoms with Gasteiger partial charge in [0.15, 0.2) is 0 Å². The summed E-state index contributed by atoms with van der Waals surface area (Å²) < 4.78 is 11.3. The molecule has 0 heterocycles. The molecule has 0 aliphatic rings. The van der Waals surface area contributed by atoms with Crippen LogP contribution in [0.4, 0.5) is 0 Å². The van der Waals surface area contributed by atoms with Gasteiger partial charge in [-0.15, -0.1) is 0 Å². The van der Waals surface area contributed by atoms with Crippen molar-refractivity contribution in [2.75, 3.05) is 7.11 Å². The second-order valence-electron chi connectivity index (χ2n) is 2.63. The van der Waals surface area contributed by atoms with Crippen molar-refractivity contribution >= 4 is 4.57 Å². The summed E-state index contributed by atoms with van der Waals surface area (Å²) in [4.78, 5) is 0. The quantitative estimate of drug-likeness (QED) is 0.765. The fourth-order valence-corrected chi connectivity index (χ4v) is 1.04. The van der Waals surface area contributed by atoms with Crippen LogP contribution in [-0.4, -0.2) is 11.7 Å². The summed E-state index contributed by atoms with van der Waals surface area (Å²) in [5.41, 5.74) is 1.11. The van der Waals surface area contributed by atoms with Crippen molar-refractivity contribution in [3.05, 3.63) is 29.8 Å². The molecule has 2 nitrogen and oxygen atoms in total. The Morgan fingerprint density at radius 2 is 2.23 bits per heavy atom. The van der Waals surface area contributed by atoms with Crippen LogP contribution < -0.4 is 4.74 Å². The SMILES string of the molecule is COc1cccc(CO[C](C)=[Cr])c1. The van der Waals surface area contributed by atoms with E-state index in [9.17, 15) is 0 Å². The molecular formula is C10H12CrO2. The Balaban J connectivity index is 2.61. The first kappa shape index (κ1) is 10.5. The Kier molecular flexibility index (Phi) is 4.17. The molecule has 1 aromatic carbocycles. The monoisotopic (exact) mass is 216 g/mol. The molecule has 0 bridgehead atoms. The van der Waals surface area contributed by atoms with Crippen LogP contribution >= 0.6 is 0 Å². The average molecular weight is 216 g/mol. The Morgan fingerprint density at radius 3 is 2.85 bits per heavy atom. The summed E-state index contributed by atoms with van der Waals surface area (Å²) in [6.07, 6.45) is 0. The van der Waals surface area contributed by atoms with E-state index in [1.54, 1.807) is 7.11 Å². The van der Waals surface area contributed by atoms with E-state index in [4.69, 9.17) is 9.47 Å². The maximum atomic E-state index is 5.33. The van der Waals surface area contributed by atoms with E-state index in [1.807, 2.05) is 31.2 Å². The van der Waals surface area contributed by atoms with E-state index in [0.29, 0.717) is 6.61 Å². The summed E-state index contributed by atoms with van der Waals surface area (Å²) in [6, 6.07) is 7.83. The minimum atomic E-state index is 0.579. The Morgan fingerprint density at radius 1 is 1.46 bits per heavy atom. The third kappa shape index (κ3) is 3.73. The summed E-state index contributed by atoms with van der Waals surface area (Å²) >= 11 is 2.80. The molecular weight excluding hydrogens is 204 g/mol. The van der Waals surface area contributed by atoms with Crippen LogP contribution in [0.1, 0.15) is 12.5 Å². The van der Waals surface area contributed by atoms with Crippen LogP contribution in [0.15, 0.2) is 24.3 Å². The minimum absolute atomic E-state index is 0.579. The van der Waals surface area contributed by atoms with E-state index in [0.717, 1.165) is 15.9 Å². The van der Waals surface area contributed by atoms with Crippen molar-refractivity contribution in [1.82, 2.24) is 0 Å². The topological polar surface area (TPSA) is 18.5 Å². The molecule has 0 saturated carbocycles. The van der Waals surface area contributed by atoms with Crippen LogP contribution in [0.2, 0.25) is 0 Å². The van der Waals surface area contributed by atoms with Gasteiger partial charge >= 0.3 is 86.1 Å². The van der Waals surface area contributed by atoms with Gasteiger partial charge in [0, 0.05) is 0 Å². The molecule has 0 N–H and O–H groups in total. The third-order valence-electron chi connectivity index (χ3n) is 1.58. The zero-order valence-electron chi connectivity index (χ0n) is 7.74. The predicted octanol–water partition coefficient (Wildman–Crippen LogP) is 1.91. The van der Waals surface area contributed by atoms with Crippen LogP contribution in [0.5, 0.6) is 5.75 Å². The molecule has 0 unspecified atom stereocenters. The van der Waals surface area contributed by atoms with Crippen LogP contribution in [-0.2, 0) is 27.2 Å². The van der Waals surface area contributed by atoms with Crippen molar-refractivity contribution in [3.63, 3.8) is 0 Å². The van der Waals surface area contributed by atoms with Crippen molar-refractivity contribution < 1.29 is 25.3 Å². The predicted molar refractivity (Wildman–Crippen MR) is 48.5 cm³/mol. The van der Waals surface area contributed by atoms with Gasteiger partial charge in [-0.3, -0.25) is 0 Å². The molecule has 0 spiro atoms. The zero-order chi connectivity index (χ0) is 9.68. The first-order valence-corrected chi connectivity index (χ1v) is 4.62. The molecule has 1 rings (SSSR count). The first-order chi connectivity index (χ1) is 6.22. The normalized spacial score (nSPS) is 9.69. The second-order valence-corrected chi connectivity index (χ2v) is 3.53. The molecule has 0 aromatic heterocycles. The molecule has 0 radical (unpaired) electrons. The average Bonchev–Trinajstić information content (AvgIpc) is 2.15. The Labute approximate surface area is 86.4 Å². The molecule has 0 atom stereocenters. The molecule has 3 heteroatoms. The number of benzene rings is 1. The van der Waals surface area contributed by atoms with Crippen molar-refractivity contribution in [2.24, 2.45) is 0 Å². The molecule has 13 heavy (non-hydrogen) atoms. The maximum absolute atomic E-state index is 5.33. The van der Waals surface area contributed by atoms with Crippen LogP contribution in [0, 0.1) is 0 Å². The molecule has 0 aliphatic heterocycles. The number of hydrogen-bond donors (Lipinski definition) is 0. The molecule has 70 valence electrons. The van der Waals surface area contributed by atoms with Gasteiger partial charge in [0.2, 0.25) is 0 Å². The standard InChI is InChI=1S/C10H12O2.Cr/c1-3-12-8-9-5-4-6-10(7-9)11-2;/h4-7H,8H2,1-2H3;. The van der Waals surface area contributed by atoms with Crippen LogP contribution in [0.3, 0.4) is 0 Å². The fraction of sp³-hybridized carbons (Fsp3) is 0.300. The number of hydrogen-bond acceptors (Lipinski definition) is 2. The molecule has 0 aliphatic carbocycles. The van der Waals surface area contributed by atoms with Crippen molar-refractivity contribution in [1.29, 1.82) is 0 Å². The third-order valence-corrected chi connectivity index (χ3v) is 1.76. The summed E-state index contributed by atoms with van der Waals surface area (Å²) in [5, 5.41) is 0. The fourth-order valence-electron chi connectivity index (χ4n) is 0.947. The van der Waals surface area contributed by atoms with Gasteiger partial charge in [0.25, 0.3) is 0 Å². The van der Waals surface area contributed by atoms with Crippen molar-refractivity contribution in [2.45, 2.75) is 13.5 Å². The number of rotatable bonds is 4. The molecule has 0 saturated heterocycles. The van der Waals surface area contributed by atoms with Crippen LogP contribution in [0.25, 0.3) is 0 Å². The van der Waals surface area contributed by atoms with Gasteiger partial charge < -0.3 is 0 Å². The van der Waals surface area contributed by atoms with Gasteiger partial charge in [-0.2, -0.15) is 0 Å². The molecule has 0 amide bonds. The van der Waals surface area contributed by atoms with Gasteiger partial charge in [-0.25, -0.2) is 0 Å². The van der Waals surface area contributed by atoms with E-state index >= 15 is 0 Å².